The summed E-state index contributed by atoms with van der Waals surface area (Å²) in [5.41, 5.74) is 2.99. The van der Waals surface area contributed by atoms with Crippen LogP contribution in [0.1, 0.15) is 48.5 Å². The molecule has 0 aliphatic carbocycles. The number of halogens is 1. The summed E-state index contributed by atoms with van der Waals surface area (Å²) < 4.78 is 10.5. The number of hydrogen-bond donors (Lipinski definition) is 2. The third kappa shape index (κ3) is 7.29. The third-order valence-electron chi connectivity index (χ3n) is 2.95. The van der Waals surface area contributed by atoms with Crippen molar-refractivity contribution in [2.45, 2.75) is 65.3 Å². The summed E-state index contributed by atoms with van der Waals surface area (Å²) in [4.78, 5) is 15.2. The highest BCUT2D eigenvalue weighted by Crippen LogP contribution is 2.25. The van der Waals surface area contributed by atoms with Crippen LogP contribution in [0, 0.1) is 0 Å². The molecule has 1 amide bonds. The smallest absolute Gasteiger partial charge is 0.435 e. The fraction of sp³-hybridized carbons (Fsp3) is 0.714. The molecule has 0 aliphatic heterocycles. The van der Waals surface area contributed by atoms with Crippen LogP contribution in [0.2, 0.25) is 0 Å². The molecule has 125 valence electrons. The number of carbonyl (C=O) groups is 1. The van der Waals surface area contributed by atoms with E-state index < -0.39 is 22.9 Å². The summed E-state index contributed by atoms with van der Waals surface area (Å²) in [6.07, 6.45) is 0.323. The van der Waals surface area contributed by atoms with E-state index in [9.17, 15) is 9.90 Å². The lowest BCUT2D eigenvalue weighted by molar-refractivity contribution is -0.0895. The molecule has 8 heteroatoms. The van der Waals surface area contributed by atoms with E-state index in [1.807, 2.05) is 0 Å². The number of nitrogens with two attached hydrogens (primary N) is 1. The topological polar surface area (TPSA) is 94.1 Å². The Morgan fingerprint density at radius 2 is 1.73 bits per heavy atom. The van der Waals surface area contributed by atoms with Crippen molar-refractivity contribution < 1.29 is 19.3 Å². The van der Waals surface area contributed by atoms with Crippen LogP contribution in [0.15, 0.2) is 16.7 Å². The number of ether oxygens (including phenoxy) is 1. The van der Waals surface area contributed by atoms with Crippen molar-refractivity contribution in [3.05, 3.63) is 11.7 Å². The van der Waals surface area contributed by atoms with E-state index in [-0.39, 0.29) is 10.6 Å². The van der Waals surface area contributed by atoms with Crippen molar-refractivity contribution in [1.82, 2.24) is 0 Å². The molecule has 0 aliphatic rings. The lowest BCUT2D eigenvalue weighted by Gasteiger charge is -2.37. The summed E-state index contributed by atoms with van der Waals surface area (Å²) in [7, 11) is 1.24. The molecule has 3 N–H and O–H groups in total. The normalized spacial score (nSPS) is 14.8. The fourth-order valence-electron chi connectivity index (χ4n) is 0.941. The highest BCUT2D eigenvalue weighted by atomic mass is 35.5. The summed E-state index contributed by atoms with van der Waals surface area (Å²) in [5, 5.41) is 9.85. The molecule has 0 heterocycles. The molecule has 1 radical (unpaired) electrons. The minimum atomic E-state index is -1.10. The van der Waals surface area contributed by atoms with Gasteiger partial charge in [0.15, 0.2) is 0 Å². The van der Waals surface area contributed by atoms with Gasteiger partial charge in [-0.05, 0) is 60.1 Å². The first-order valence-corrected chi connectivity index (χ1v) is 7.20. The Labute approximate surface area is 138 Å². The number of allylic oxidation sites excluding steroid dienone is 1. The average Bonchev–Trinajstić information content (AvgIpc) is 2.24. The maximum absolute atomic E-state index is 11.6. The predicted octanol–water partition coefficient (Wildman–Crippen LogP) is 2.54. The quantitative estimate of drug-likeness (QED) is 0.596. The number of aliphatic hydroxyl groups is 1. The Bertz CT molecular complexity index is 462. The monoisotopic (exact) mass is 331 g/mol. The van der Waals surface area contributed by atoms with Crippen LogP contribution in [0.25, 0.3) is 0 Å². The summed E-state index contributed by atoms with van der Waals surface area (Å²) >= 11 is 5.94. The standard InChI is InChI=1S/C14H25BClN2O4/c1-12(2,3)21-11(19)18-10(16)9(8-17)15-22-14(6,7)13(4,5)20/h8,20H,17H2,1-7H3/b9-8+,18-10-. The first-order valence-electron chi connectivity index (χ1n) is 6.82. The molecule has 0 atom stereocenters. The Morgan fingerprint density at radius 3 is 2.09 bits per heavy atom. The highest BCUT2D eigenvalue weighted by Gasteiger charge is 2.36. The summed E-state index contributed by atoms with van der Waals surface area (Å²) in [6, 6.07) is 0. The van der Waals surface area contributed by atoms with E-state index >= 15 is 0 Å². The van der Waals surface area contributed by atoms with Crippen molar-refractivity contribution in [2.24, 2.45) is 10.7 Å². The van der Waals surface area contributed by atoms with Gasteiger partial charge in [-0.2, -0.15) is 4.99 Å². The van der Waals surface area contributed by atoms with Crippen LogP contribution in [0.5, 0.6) is 0 Å². The Kier molecular flexibility index (Phi) is 7.13. The number of carbonyl (C=O) groups excluding carboxylic acids is 1. The zero-order valence-corrected chi connectivity index (χ0v) is 15.0. The van der Waals surface area contributed by atoms with Crippen LogP contribution >= 0.6 is 11.6 Å². The second kappa shape index (κ2) is 7.48. The Morgan fingerprint density at radius 1 is 1.23 bits per heavy atom. The van der Waals surface area contributed by atoms with Gasteiger partial charge in [0, 0.05) is 0 Å². The molecule has 0 aromatic heterocycles. The second-order valence-corrected chi connectivity index (χ2v) is 7.17. The molecule has 0 spiro atoms. The predicted molar refractivity (Wildman–Crippen MR) is 89.0 cm³/mol. The van der Waals surface area contributed by atoms with Gasteiger partial charge in [-0.3, -0.25) is 0 Å². The Balaban J connectivity index is 4.90. The average molecular weight is 332 g/mol. The van der Waals surface area contributed by atoms with Crippen molar-refractivity contribution in [3.8, 4) is 0 Å². The summed E-state index contributed by atoms with van der Waals surface area (Å²) in [5.74, 6) is 0. The molecular formula is C14H25BClN2O4. The first kappa shape index (κ1) is 21.0. The van der Waals surface area contributed by atoms with Crippen molar-refractivity contribution in [2.75, 3.05) is 0 Å². The number of nitrogens with zero attached hydrogens (tertiary/aromatic N) is 1. The van der Waals surface area contributed by atoms with E-state index in [0.29, 0.717) is 0 Å². The van der Waals surface area contributed by atoms with Gasteiger partial charge in [0.25, 0.3) is 0 Å². The number of hydrogen-bond acceptors (Lipinski definition) is 5. The molecule has 6 nitrogen and oxygen atoms in total. The van der Waals surface area contributed by atoms with Crippen LogP contribution in [0.4, 0.5) is 4.79 Å². The molecule has 0 fully saturated rings. The van der Waals surface area contributed by atoms with Gasteiger partial charge in [-0.25, -0.2) is 4.79 Å². The maximum atomic E-state index is 11.6. The van der Waals surface area contributed by atoms with Crippen LogP contribution in [-0.4, -0.2) is 40.7 Å². The van der Waals surface area contributed by atoms with Gasteiger partial charge in [-0.1, -0.05) is 11.6 Å². The minimum Gasteiger partial charge on any atom is -0.442 e. The molecule has 0 aromatic rings. The van der Waals surface area contributed by atoms with Crippen LogP contribution in [0.3, 0.4) is 0 Å². The SMILES string of the molecule is CC(C)(C)OC(=O)/N=C(Cl)/C([B]OC(C)(C)C(C)(C)O)=C\N. The lowest BCUT2D eigenvalue weighted by Crippen LogP contribution is -2.48. The zero-order chi connectivity index (χ0) is 17.8. The van der Waals surface area contributed by atoms with E-state index in [1.54, 1.807) is 48.5 Å². The fourth-order valence-corrected chi connectivity index (χ4v) is 1.12. The van der Waals surface area contributed by atoms with Crippen LogP contribution < -0.4 is 5.73 Å². The Hall–Kier alpha value is -1.05. The van der Waals surface area contributed by atoms with E-state index in [2.05, 4.69) is 4.99 Å². The van der Waals surface area contributed by atoms with Crippen molar-refractivity contribution in [3.63, 3.8) is 0 Å². The molecule has 0 saturated heterocycles. The summed E-state index contributed by atoms with van der Waals surface area (Å²) in [6.45, 7) is 11.8. The zero-order valence-electron chi connectivity index (χ0n) is 14.2. The van der Waals surface area contributed by atoms with E-state index in [1.165, 1.54) is 7.48 Å². The molecule has 22 heavy (non-hydrogen) atoms. The van der Waals surface area contributed by atoms with Crippen molar-refractivity contribution in [1.29, 1.82) is 0 Å². The van der Waals surface area contributed by atoms with Gasteiger partial charge in [0.05, 0.1) is 11.2 Å². The van der Waals surface area contributed by atoms with E-state index in [0.717, 1.165) is 6.20 Å². The first-order chi connectivity index (χ1) is 9.69. The van der Waals surface area contributed by atoms with Gasteiger partial charge in [0.2, 0.25) is 0 Å². The largest absolute Gasteiger partial charge is 0.442 e. The van der Waals surface area contributed by atoms with Gasteiger partial charge < -0.3 is 20.2 Å². The number of rotatable bonds is 5. The van der Waals surface area contributed by atoms with Crippen LogP contribution in [-0.2, 0) is 9.39 Å². The number of amides is 1. The lowest BCUT2D eigenvalue weighted by atomic mass is 9.83. The molecule has 0 saturated carbocycles. The van der Waals surface area contributed by atoms with Gasteiger partial charge in [-0.15, -0.1) is 0 Å². The molecule has 0 bridgehead atoms. The second-order valence-electron chi connectivity index (χ2n) is 6.81. The molecule has 0 aromatic carbocycles. The maximum Gasteiger partial charge on any atom is 0.435 e. The molecule has 0 rings (SSSR count). The van der Waals surface area contributed by atoms with Crippen molar-refractivity contribution >= 4 is 30.3 Å². The third-order valence-corrected chi connectivity index (χ3v) is 3.26. The number of aliphatic imine (C=N–C) groups is 1. The highest BCUT2D eigenvalue weighted by molar-refractivity contribution is 6.77. The molecular weight excluding hydrogens is 306 g/mol. The van der Waals surface area contributed by atoms with Gasteiger partial charge >= 0.3 is 13.6 Å². The molecule has 0 unspecified atom stereocenters. The van der Waals surface area contributed by atoms with E-state index in [4.69, 9.17) is 26.7 Å². The van der Waals surface area contributed by atoms with Gasteiger partial charge in [0.1, 0.15) is 10.8 Å². The minimum absolute atomic E-state index is 0.164.